The molecule has 0 spiro atoms. The van der Waals surface area contributed by atoms with Gasteiger partial charge >= 0.3 is 5.97 Å². The van der Waals surface area contributed by atoms with E-state index in [9.17, 15) is 14.7 Å². The van der Waals surface area contributed by atoms with E-state index >= 15 is 0 Å². The van der Waals surface area contributed by atoms with Crippen LogP contribution in [0.2, 0.25) is 5.02 Å². The van der Waals surface area contributed by atoms with Gasteiger partial charge in [0.1, 0.15) is 23.7 Å². The quantitative estimate of drug-likeness (QED) is 0.573. The van der Waals surface area contributed by atoms with E-state index in [2.05, 4.69) is 15.3 Å². The fourth-order valence-corrected chi connectivity index (χ4v) is 2.99. The summed E-state index contributed by atoms with van der Waals surface area (Å²) in [4.78, 5) is 31.5. The number of halogens is 1. The molecule has 0 fully saturated rings. The molecule has 0 bridgehead atoms. The average molecular weight is 402 g/mol. The molecule has 3 aromatic rings. The summed E-state index contributed by atoms with van der Waals surface area (Å²) in [6, 6.07) is 8.87. The zero-order valence-electron chi connectivity index (χ0n) is 14.7. The number of pyridine rings is 1. The minimum absolute atomic E-state index is 0.00557. The van der Waals surface area contributed by atoms with Crippen molar-refractivity contribution in [2.24, 2.45) is 0 Å². The van der Waals surface area contributed by atoms with Gasteiger partial charge in [-0.05, 0) is 23.8 Å². The third-order valence-electron chi connectivity index (χ3n) is 3.87. The number of nitrogens with two attached hydrogens (primary N) is 1. The number of nitrogens with zero attached hydrogens (tertiary/aromatic N) is 3. The number of nitrogen functional groups attached to an aromatic ring is 1. The fraction of sp³-hybridized carbons (Fsp3) is 0.111. The molecule has 0 saturated carbocycles. The Morgan fingerprint density at radius 3 is 2.79 bits per heavy atom. The summed E-state index contributed by atoms with van der Waals surface area (Å²) >= 11 is 6.31. The largest absolute Gasteiger partial charge is 0.493 e. The molecule has 2 aromatic heterocycles. The van der Waals surface area contributed by atoms with E-state index < -0.39 is 11.5 Å². The third kappa shape index (κ3) is 4.04. The maximum atomic E-state index is 12.2. The van der Waals surface area contributed by atoms with E-state index in [0.717, 1.165) is 4.57 Å². The number of benzene rings is 1. The Bertz CT molecular complexity index is 1100. The van der Waals surface area contributed by atoms with Crippen molar-refractivity contribution < 1.29 is 14.6 Å². The van der Waals surface area contributed by atoms with E-state index in [0.29, 0.717) is 22.8 Å². The smallest absolute Gasteiger partial charge is 0.352 e. The predicted molar refractivity (Wildman–Crippen MR) is 104 cm³/mol. The molecule has 4 N–H and O–H groups in total. The molecule has 0 aliphatic rings. The van der Waals surface area contributed by atoms with E-state index in [4.69, 9.17) is 22.1 Å². The van der Waals surface area contributed by atoms with Crippen molar-refractivity contribution in [3.8, 4) is 5.75 Å². The highest BCUT2D eigenvalue weighted by molar-refractivity contribution is 6.32. The number of carboxylic acids is 1. The molecule has 1 aromatic carbocycles. The van der Waals surface area contributed by atoms with E-state index in [1.54, 1.807) is 12.1 Å². The summed E-state index contributed by atoms with van der Waals surface area (Å²) in [6.45, 7) is 0.00557. The van der Waals surface area contributed by atoms with Crippen LogP contribution in [0.4, 0.5) is 17.3 Å². The van der Waals surface area contributed by atoms with E-state index in [-0.39, 0.29) is 23.1 Å². The summed E-state index contributed by atoms with van der Waals surface area (Å²) in [6.07, 6.45) is 1.30. The maximum Gasteiger partial charge on any atom is 0.352 e. The minimum atomic E-state index is -1.20. The number of methoxy groups -OCH3 is 1. The molecule has 0 aliphatic heterocycles. The van der Waals surface area contributed by atoms with Crippen LogP contribution in [0.5, 0.6) is 5.75 Å². The summed E-state index contributed by atoms with van der Waals surface area (Å²) in [5, 5.41) is 12.7. The van der Waals surface area contributed by atoms with Crippen molar-refractivity contribution >= 4 is 34.9 Å². The van der Waals surface area contributed by atoms with Gasteiger partial charge in [0, 0.05) is 12.1 Å². The first-order valence-electron chi connectivity index (χ1n) is 8.03. The van der Waals surface area contributed by atoms with Crippen LogP contribution in [0.25, 0.3) is 0 Å². The molecule has 0 aliphatic carbocycles. The minimum Gasteiger partial charge on any atom is -0.493 e. The van der Waals surface area contributed by atoms with Crippen molar-refractivity contribution in [1.82, 2.24) is 14.5 Å². The molecule has 9 nitrogen and oxygen atoms in total. The number of hydrogen-bond donors (Lipinski definition) is 3. The van der Waals surface area contributed by atoms with Crippen LogP contribution >= 0.6 is 11.6 Å². The lowest BCUT2D eigenvalue weighted by Gasteiger charge is -2.16. The number of carboxylic acid groups (broad SMARTS) is 1. The first-order chi connectivity index (χ1) is 13.4. The lowest BCUT2D eigenvalue weighted by atomic mass is 10.1. The first-order valence-corrected chi connectivity index (χ1v) is 8.41. The SMILES string of the molecule is COc1c(Cl)cc(Cn2c(C(=O)O)cccc2=O)cc1Nc1cc(N)ncn1. The van der Waals surface area contributed by atoms with Crippen molar-refractivity contribution in [3.63, 3.8) is 0 Å². The number of aromatic nitrogens is 3. The number of nitrogens with one attached hydrogen (secondary N) is 1. The number of rotatable bonds is 6. The number of carbonyl (C=O) groups is 1. The average Bonchev–Trinajstić information content (AvgIpc) is 2.63. The second-order valence-corrected chi connectivity index (χ2v) is 6.16. The molecule has 144 valence electrons. The molecular formula is C18H16ClN5O4. The highest BCUT2D eigenvalue weighted by Crippen LogP contribution is 2.36. The molecule has 10 heteroatoms. The van der Waals surface area contributed by atoms with Crippen molar-refractivity contribution in [1.29, 1.82) is 0 Å². The van der Waals surface area contributed by atoms with Gasteiger partial charge in [0.25, 0.3) is 5.56 Å². The van der Waals surface area contributed by atoms with Crippen LogP contribution in [0.1, 0.15) is 16.1 Å². The second-order valence-electron chi connectivity index (χ2n) is 5.75. The van der Waals surface area contributed by atoms with Gasteiger partial charge in [-0.25, -0.2) is 14.8 Å². The van der Waals surface area contributed by atoms with Gasteiger partial charge in [0.05, 0.1) is 24.4 Å². The summed E-state index contributed by atoms with van der Waals surface area (Å²) < 4.78 is 6.48. The molecular weight excluding hydrogens is 386 g/mol. The molecule has 3 rings (SSSR count). The van der Waals surface area contributed by atoms with E-state index in [1.165, 1.54) is 37.7 Å². The van der Waals surface area contributed by atoms with Crippen LogP contribution in [-0.2, 0) is 6.54 Å². The highest BCUT2D eigenvalue weighted by Gasteiger charge is 2.15. The first kappa shape index (κ1) is 19.2. The fourth-order valence-electron chi connectivity index (χ4n) is 2.67. The third-order valence-corrected chi connectivity index (χ3v) is 4.15. The molecule has 2 heterocycles. The normalized spacial score (nSPS) is 10.5. The highest BCUT2D eigenvalue weighted by atomic mass is 35.5. The van der Waals surface area contributed by atoms with Gasteiger partial charge < -0.3 is 20.9 Å². The molecule has 0 saturated heterocycles. The van der Waals surface area contributed by atoms with Gasteiger partial charge in [-0.15, -0.1) is 0 Å². The summed E-state index contributed by atoms with van der Waals surface area (Å²) in [7, 11) is 1.46. The lowest BCUT2D eigenvalue weighted by molar-refractivity contribution is 0.0684. The monoisotopic (exact) mass is 401 g/mol. The van der Waals surface area contributed by atoms with Gasteiger partial charge in [0.15, 0.2) is 5.75 Å². The summed E-state index contributed by atoms with van der Waals surface area (Å²) in [5.74, 6) is -0.142. The van der Waals surface area contributed by atoms with Crippen molar-refractivity contribution in [2.45, 2.75) is 6.54 Å². The predicted octanol–water partition coefficient (Wildman–Crippen LogP) is 2.37. The number of anilines is 3. The molecule has 0 atom stereocenters. The van der Waals surface area contributed by atoms with Crippen LogP contribution < -0.4 is 21.3 Å². The topological polar surface area (TPSA) is 132 Å². The van der Waals surface area contributed by atoms with Crippen LogP contribution in [0.15, 0.2) is 47.5 Å². The van der Waals surface area contributed by atoms with Crippen LogP contribution in [0.3, 0.4) is 0 Å². The van der Waals surface area contributed by atoms with Gasteiger partial charge in [-0.2, -0.15) is 0 Å². The van der Waals surface area contributed by atoms with E-state index in [1.807, 2.05) is 0 Å². The Morgan fingerprint density at radius 2 is 2.11 bits per heavy atom. The Kier molecular flexibility index (Phi) is 5.46. The maximum absolute atomic E-state index is 12.2. The zero-order chi connectivity index (χ0) is 20.3. The Balaban J connectivity index is 2.03. The molecule has 28 heavy (non-hydrogen) atoms. The molecule has 0 amide bonds. The zero-order valence-corrected chi connectivity index (χ0v) is 15.5. The Hall–Kier alpha value is -3.59. The Morgan fingerprint density at radius 1 is 1.32 bits per heavy atom. The van der Waals surface area contributed by atoms with Crippen LogP contribution in [0, 0.1) is 0 Å². The standard InChI is InChI=1S/C18H16ClN5O4/c1-28-17-11(19)5-10(6-12(17)23-15-7-14(20)21-9-22-15)8-24-13(18(26)27)3-2-4-16(24)25/h2-7,9H,8H2,1H3,(H,26,27)(H3,20,21,22,23). The summed E-state index contributed by atoms with van der Waals surface area (Å²) in [5.41, 5.74) is 6.16. The second kappa shape index (κ2) is 7.97. The van der Waals surface area contributed by atoms with Gasteiger partial charge in [-0.3, -0.25) is 9.36 Å². The number of hydrogen-bond acceptors (Lipinski definition) is 7. The van der Waals surface area contributed by atoms with Crippen LogP contribution in [-0.4, -0.2) is 32.7 Å². The van der Waals surface area contributed by atoms with Gasteiger partial charge in [0.2, 0.25) is 0 Å². The van der Waals surface area contributed by atoms with Gasteiger partial charge in [-0.1, -0.05) is 17.7 Å². The number of aromatic carboxylic acids is 1. The molecule has 0 radical (unpaired) electrons. The van der Waals surface area contributed by atoms with Crippen molar-refractivity contribution in [2.75, 3.05) is 18.2 Å². The molecule has 0 unspecified atom stereocenters. The lowest BCUT2D eigenvalue weighted by Crippen LogP contribution is -2.25. The van der Waals surface area contributed by atoms with Crippen molar-refractivity contribution in [3.05, 3.63) is 69.4 Å². The number of ether oxygens (including phenoxy) is 1. The Labute approximate surface area is 164 Å².